The van der Waals surface area contributed by atoms with Crippen LogP contribution in [0.4, 0.5) is 0 Å². The van der Waals surface area contributed by atoms with Crippen molar-refractivity contribution < 1.29 is 0 Å². The molecule has 0 radical (unpaired) electrons. The third-order valence-electron chi connectivity index (χ3n) is 3.23. The van der Waals surface area contributed by atoms with Gasteiger partial charge in [0.2, 0.25) is 0 Å². The summed E-state index contributed by atoms with van der Waals surface area (Å²) in [6.07, 6.45) is 2.41. The monoisotopic (exact) mass is 230 g/mol. The highest BCUT2D eigenvalue weighted by Crippen LogP contribution is 2.18. The molecule has 1 aliphatic heterocycles. The highest BCUT2D eigenvalue weighted by Gasteiger charge is 2.13. The van der Waals surface area contributed by atoms with Gasteiger partial charge >= 0.3 is 0 Å². The van der Waals surface area contributed by atoms with Crippen LogP contribution in [0.5, 0.6) is 0 Å². The van der Waals surface area contributed by atoms with Crippen molar-refractivity contribution >= 4 is 5.71 Å². The molecule has 17 heavy (non-hydrogen) atoms. The fourth-order valence-electron chi connectivity index (χ4n) is 2.27. The molecule has 2 rings (SSSR count). The lowest BCUT2D eigenvalue weighted by molar-refractivity contribution is 0.402. The maximum atomic E-state index is 4.70. The number of hydrogen-bond donors (Lipinski definition) is 0. The van der Waals surface area contributed by atoms with E-state index in [2.05, 4.69) is 50.2 Å². The van der Waals surface area contributed by atoms with E-state index in [0.717, 1.165) is 25.4 Å². The normalized spacial score (nSPS) is 20.5. The predicted octanol–water partition coefficient (Wildman–Crippen LogP) is 2.97. The molecule has 1 atom stereocenters. The highest BCUT2D eigenvalue weighted by atomic mass is 15.0. The van der Waals surface area contributed by atoms with Crippen LogP contribution in [0.2, 0.25) is 0 Å². The van der Waals surface area contributed by atoms with Crippen LogP contribution < -0.4 is 0 Å². The predicted molar refractivity (Wildman–Crippen MR) is 73.6 cm³/mol. The molecular weight excluding hydrogens is 208 g/mol. The van der Waals surface area contributed by atoms with Gasteiger partial charge in [-0.05, 0) is 50.0 Å². The van der Waals surface area contributed by atoms with Crippen LogP contribution in [0.3, 0.4) is 0 Å². The van der Waals surface area contributed by atoms with Crippen LogP contribution >= 0.6 is 0 Å². The van der Waals surface area contributed by atoms with Gasteiger partial charge in [0.15, 0.2) is 0 Å². The Bertz CT molecular complexity index is 407. The Morgan fingerprint density at radius 2 is 2.18 bits per heavy atom. The number of rotatable bonds is 3. The van der Waals surface area contributed by atoms with Crippen molar-refractivity contribution in [2.75, 3.05) is 20.6 Å². The van der Waals surface area contributed by atoms with Gasteiger partial charge in [0.25, 0.3) is 0 Å². The van der Waals surface area contributed by atoms with Gasteiger partial charge in [0, 0.05) is 18.8 Å². The van der Waals surface area contributed by atoms with Crippen LogP contribution in [0.15, 0.2) is 29.3 Å². The molecule has 0 amide bonds. The number of nitrogens with zero attached hydrogens (tertiary/aromatic N) is 2. The molecule has 92 valence electrons. The van der Waals surface area contributed by atoms with E-state index in [1.54, 1.807) is 0 Å². The Labute approximate surface area is 104 Å². The van der Waals surface area contributed by atoms with E-state index in [1.165, 1.54) is 23.3 Å². The average molecular weight is 230 g/mol. The van der Waals surface area contributed by atoms with Crippen LogP contribution in [-0.2, 0) is 6.54 Å². The lowest BCUT2D eigenvalue weighted by Crippen LogP contribution is -2.15. The fraction of sp³-hybridized carbons (Fsp3) is 0.533. The zero-order chi connectivity index (χ0) is 12.3. The second-order valence-electron chi connectivity index (χ2n) is 5.37. The molecule has 1 heterocycles. The lowest BCUT2D eigenvalue weighted by Gasteiger charge is -2.18. The molecule has 2 nitrogen and oxygen atoms in total. The molecule has 1 aromatic carbocycles. The Morgan fingerprint density at radius 1 is 1.35 bits per heavy atom. The summed E-state index contributed by atoms with van der Waals surface area (Å²) in [5.74, 6) is 0.753. The molecular formula is C15H22N2. The number of hydrogen-bond acceptors (Lipinski definition) is 2. The van der Waals surface area contributed by atoms with Crippen molar-refractivity contribution in [1.29, 1.82) is 0 Å². The van der Waals surface area contributed by atoms with Gasteiger partial charge in [-0.3, -0.25) is 4.99 Å². The first-order chi connectivity index (χ1) is 8.15. The molecule has 0 saturated carbocycles. The van der Waals surface area contributed by atoms with Crippen LogP contribution in [0, 0.1) is 5.92 Å². The van der Waals surface area contributed by atoms with Gasteiger partial charge in [0.1, 0.15) is 0 Å². The lowest BCUT2D eigenvalue weighted by atomic mass is 9.95. The molecule has 0 spiro atoms. The summed E-state index contributed by atoms with van der Waals surface area (Å²) in [5, 5.41) is 0. The SMILES string of the molecule is CC1CCC(c2cccc(CN(C)C)c2)=NC1. The van der Waals surface area contributed by atoms with Gasteiger partial charge in [-0.25, -0.2) is 0 Å². The van der Waals surface area contributed by atoms with Crippen molar-refractivity contribution in [3.63, 3.8) is 0 Å². The number of aliphatic imine (C=N–C) groups is 1. The van der Waals surface area contributed by atoms with Crippen LogP contribution in [0.25, 0.3) is 0 Å². The van der Waals surface area contributed by atoms with Crippen LogP contribution in [-0.4, -0.2) is 31.3 Å². The molecule has 0 aliphatic carbocycles. The van der Waals surface area contributed by atoms with Gasteiger partial charge in [-0.1, -0.05) is 25.1 Å². The maximum Gasteiger partial charge on any atom is 0.0420 e. The van der Waals surface area contributed by atoms with Gasteiger partial charge in [-0.15, -0.1) is 0 Å². The molecule has 0 aromatic heterocycles. The van der Waals surface area contributed by atoms with Crippen molar-refractivity contribution in [3.05, 3.63) is 35.4 Å². The first kappa shape index (κ1) is 12.3. The van der Waals surface area contributed by atoms with Crippen molar-refractivity contribution in [3.8, 4) is 0 Å². The Kier molecular flexibility index (Phi) is 3.95. The summed E-state index contributed by atoms with van der Waals surface area (Å²) in [6.45, 7) is 4.27. The summed E-state index contributed by atoms with van der Waals surface area (Å²) < 4.78 is 0. The van der Waals surface area contributed by atoms with Crippen LogP contribution in [0.1, 0.15) is 30.9 Å². The zero-order valence-corrected chi connectivity index (χ0v) is 11.1. The van der Waals surface area contributed by atoms with E-state index in [1.807, 2.05) is 0 Å². The van der Waals surface area contributed by atoms with E-state index in [-0.39, 0.29) is 0 Å². The van der Waals surface area contributed by atoms with E-state index in [9.17, 15) is 0 Å². The molecule has 0 bridgehead atoms. The minimum absolute atomic E-state index is 0.753. The summed E-state index contributed by atoms with van der Waals surface area (Å²) in [4.78, 5) is 6.90. The molecule has 1 unspecified atom stereocenters. The average Bonchev–Trinajstić information content (AvgIpc) is 2.29. The second-order valence-corrected chi connectivity index (χ2v) is 5.37. The first-order valence-corrected chi connectivity index (χ1v) is 6.42. The Hall–Kier alpha value is -1.15. The minimum Gasteiger partial charge on any atom is -0.305 e. The molecule has 1 aliphatic rings. The Balaban J connectivity index is 2.16. The zero-order valence-electron chi connectivity index (χ0n) is 11.1. The van der Waals surface area contributed by atoms with Crippen molar-refractivity contribution in [2.24, 2.45) is 10.9 Å². The molecule has 0 fully saturated rings. The summed E-state index contributed by atoms with van der Waals surface area (Å²) in [7, 11) is 4.21. The third kappa shape index (κ3) is 3.40. The van der Waals surface area contributed by atoms with Gasteiger partial charge < -0.3 is 4.90 Å². The molecule has 0 N–H and O–H groups in total. The van der Waals surface area contributed by atoms with E-state index < -0.39 is 0 Å². The quantitative estimate of drug-likeness (QED) is 0.779. The minimum atomic E-state index is 0.753. The summed E-state index contributed by atoms with van der Waals surface area (Å²) in [6, 6.07) is 8.81. The molecule has 0 saturated heterocycles. The summed E-state index contributed by atoms with van der Waals surface area (Å²) >= 11 is 0. The third-order valence-corrected chi connectivity index (χ3v) is 3.23. The fourth-order valence-corrected chi connectivity index (χ4v) is 2.27. The number of benzene rings is 1. The smallest absolute Gasteiger partial charge is 0.0420 e. The standard InChI is InChI=1S/C15H22N2/c1-12-7-8-15(16-10-12)14-6-4-5-13(9-14)11-17(2)3/h4-6,9,12H,7-8,10-11H2,1-3H3. The van der Waals surface area contributed by atoms with E-state index >= 15 is 0 Å². The topological polar surface area (TPSA) is 15.6 Å². The molecule has 1 aromatic rings. The van der Waals surface area contributed by atoms with Crippen molar-refractivity contribution in [2.45, 2.75) is 26.3 Å². The van der Waals surface area contributed by atoms with Gasteiger partial charge in [0.05, 0.1) is 0 Å². The van der Waals surface area contributed by atoms with Gasteiger partial charge in [-0.2, -0.15) is 0 Å². The summed E-state index contributed by atoms with van der Waals surface area (Å²) in [5.41, 5.74) is 3.98. The van der Waals surface area contributed by atoms with E-state index in [0.29, 0.717) is 0 Å². The van der Waals surface area contributed by atoms with Crippen molar-refractivity contribution in [1.82, 2.24) is 4.90 Å². The largest absolute Gasteiger partial charge is 0.305 e. The molecule has 2 heteroatoms. The second kappa shape index (κ2) is 5.46. The highest BCUT2D eigenvalue weighted by molar-refractivity contribution is 6.01. The van der Waals surface area contributed by atoms with E-state index in [4.69, 9.17) is 4.99 Å². The first-order valence-electron chi connectivity index (χ1n) is 6.42. The maximum absolute atomic E-state index is 4.70. The Morgan fingerprint density at radius 3 is 2.82 bits per heavy atom.